The molecule has 2 heterocycles. The lowest BCUT2D eigenvalue weighted by molar-refractivity contribution is -0.111. The lowest BCUT2D eigenvalue weighted by Gasteiger charge is -2.32. The molecule has 0 amide bonds. The fourth-order valence-corrected chi connectivity index (χ4v) is 2.32. The quantitative estimate of drug-likeness (QED) is 0.751. The van der Waals surface area contributed by atoms with Crippen LogP contribution in [-0.2, 0) is 10.2 Å². The highest BCUT2D eigenvalue weighted by atomic mass is 16.1. The molecule has 1 aliphatic heterocycles. The molecule has 17 heavy (non-hydrogen) atoms. The van der Waals surface area contributed by atoms with Crippen molar-refractivity contribution in [2.75, 3.05) is 18.0 Å². The molecule has 1 saturated heterocycles. The van der Waals surface area contributed by atoms with Crippen LogP contribution in [0.5, 0.6) is 0 Å². The van der Waals surface area contributed by atoms with Crippen LogP contribution in [0.1, 0.15) is 38.7 Å². The molecule has 1 aromatic heterocycles. The van der Waals surface area contributed by atoms with E-state index in [0.29, 0.717) is 0 Å². The highest BCUT2D eigenvalue weighted by Crippen LogP contribution is 2.30. The minimum atomic E-state index is -0.457. The fourth-order valence-electron chi connectivity index (χ4n) is 2.32. The van der Waals surface area contributed by atoms with Crippen LogP contribution in [0, 0.1) is 0 Å². The fraction of sp³-hybridized carbons (Fsp3) is 0.571. The molecular weight excluding hydrogens is 212 g/mol. The van der Waals surface area contributed by atoms with E-state index in [-0.39, 0.29) is 0 Å². The normalized spacial score (nSPS) is 16.9. The highest BCUT2D eigenvalue weighted by Gasteiger charge is 2.26. The summed E-state index contributed by atoms with van der Waals surface area (Å²) in [7, 11) is 0. The van der Waals surface area contributed by atoms with Gasteiger partial charge in [-0.3, -0.25) is 0 Å². The van der Waals surface area contributed by atoms with E-state index in [1.807, 2.05) is 32.2 Å². The summed E-state index contributed by atoms with van der Waals surface area (Å²) >= 11 is 0. The van der Waals surface area contributed by atoms with Crippen LogP contribution in [0.4, 0.5) is 5.82 Å². The third-order valence-corrected chi connectivity index (χ3v) is 3.43. The van der Waals surface area contributed by atoms with E-state index in [2.05, 4.69) is 9.88 Å². The summed E-state index contributed by atoms with van der Waals surface area (Å²) < 4.78 is 0. The van der Waals surface area contributed by atoms with E-state index >= 15 is 0 Å². The molecule has 0 atom stereocenters. The standard InChI is InChI=1S/C14H20N2O/c1-14(2,11-17)12-7-6-8-15-13(12)16-9-4-3-5-10-16/h6-8,11H,3-5,9-10H2,1-2H3. The molecule has 0 aliphatic carbocycles. The van der Waals surface area contributed by atoms with Crippen LogP contribution in [-0.4, -0.2) is 24.4 Å². The van der Waals surface area contributed by atoms with Crippen LogP contribution in [0.15, 0.2) is 18.3 Å². The number of hydrogen-bond acceptors (Lipinski definition) is 3. The van der Waals surface area contributed by atoms with E-state index < -0.39 is 5.41 Å². The van der Waals surface area contributed by atoms with Gasteiger partial charge in [0.1, 0.15) is 12.1 Å². The maximum Gasteiger partial charge on any atom is 0.132 e. The maximum absolute atomic E-state index is 11.2. The van der Waals surface area contributed by atoms with Gasteiger partial charge in [0.2, 0.25) is 0 Å². The summed E-state index contributed by atoms with van der Waals surface area (Å²) in [6, 6.07) is 3.93. The first-order valence-corrected chi connectivity index (χ1v) is 6.32. The molecule has 0 saturated carbocycles. The SMILES string of the molecule is CC(C)(C=O)c1cccnc1N1CCCCC1. The van der Waals surface area contributed by atoms with Gasteiger partial charge in [-0.25, -0.2) is 4.98 Å². The van der Waals surface area contributed by atoms with Gasteiger partial charge in [-0.2, -0.15) is 0 Å². The Kier molecular flexibility index (Phi) is 3.46. The second-order valence-corrected chi connectivity index (χ2v) is 5.26. The van der Waals surface area contributed by atoms with Gasteiger partial charge >= 0.3 is 0 Å². The predicted octanol–water partition coefficient (Wildman–Crippen LogP) is 2.55. The van der Waals surface area contributed by atoms with Crippen molar-refractivity contribution in [1.82, 2.24) is 4.98 Å². The van der Waals surface area contributed by atoms with Gasteiger partial charge in [0.25, 0.3) is 0 Å². The van der Waals surface area contributed by atoms with Crippen LogP contribution < -0.4 is 4.90 Å². The van der Waals surface area contributed by atoms with E-state index in [9.17, 15) is 4.79 Å². The Labute approximate surface area is 103 Å². The average molecular weight is 232 g/mol. The van der Waals surface area contributed by atoms with E-state index in [1.54, 1.807) is 0 Å². The number of rotatable bonds is 3. The number of aromatic nitrogens is 1. The van der Waals surface area contributed by atoms with E-state index in [4.69, 9.17) is 0 Å². The molecule has 0 bridgehead atoms. The molecule has 2 rings (SSSR count). The number of piperidine rings is 1. The Morgan fingerprint density at radius 1 is 1.29 bits per heavy atom. The summed E-state index contributed by atoms with van der Waals surface area (Å²) in [5, 5.41) is 0. The Hall–Kier alpha value is -1.38. The third-order valence-electron chi connectivity index (χ3n) is 3.43. The summed E-state index contributed by atoms with van der Waals surface area (Å²) in [4.78, 5) is 18.0. The smallest absolute Gasteiger partial charge is 0.132 e. The zero-order valence-corrected chi connectivity index (χ0v) is 10.6. The number of anilines is 1. The largest absolute Gasteiger partial charge is 0.356 e. The first-order chi connectivity index (χ1) is 8.15. The number of hydrogen-bond donors (Lipinski definition) is 0. The Morgan fingerprint density at radius 2 is 2.00 bits per heavy atom. The second kappa shape index (κ2) is 4.86. The zero-order chi connectivity index (χ0) is 12.3. The van der Waals surface area contributed by atoms with Crippen molar-refractivity contribution in [3.05, 3.63) is 23.9 Å². The Bertz CT molecular complexity index is 395. The second-order valence-electron chi connectivity index (χ2n) is 5.26. The monoisotopic (exact) mass is 232 g/mol. The van der Waals surface area contributed by atoms with E-state index in [1.165, 1.54) is 19.3 Å². The van der Waals surface area contributed by atoms with Crippen molar-refractivity contribution < 1.29 is 4.79 Å². The van der Waals surface area contributed by atoms with Gasteiger partial charge in [0.15, 0.2) is 0 Å². The molecule has 0 aromatic carbocycles. The summed E-state index contributed by atoms with van der Waals surface area (Å²) in [5.41, 5.74) is 0.581. The van der Waals surface area contributed by atoms with Crippen molar-refractivity contribution in [1.29, 1.82) is 0 Å². The molecule has 0 unspecified atom stereocenters. The first-order valence-electron chi connectivity index (χ1n) is 6.32. The van der Waals surface area contributed by atoms with Crippen LogP contribution in [0.3, 0.4) is 0 Å². The van der Waals surface area contributed by atoms with Gasteiger partial charge in [0, 0.05) is 30.3 Å². The highest BCUT2D eigenvalue weighted by molar-refractivity contribution is 5.71. The average Bonchev–Trinajstić information content (AvgIpc) is 2.40. The molecule has 0 N–H and O–H groups in total. The summed E-state index contributed by atoms with van der Waals surface area (Å²) in [6.07, 6.45) is 6.57. The van der Waals surface area contributed by atoms with Crippen molar-refractivity contribution in [3.8, 4) is 0 Å². The molecule has 1 aliphatic rings. The van der Waals surface area contributed by atoms with Crippen LogP contribution in [0.2, 0.25) is 0 Å². The van der Waals surface area contributed by atoms with Crippen molar-refractivity contribution in [2.45, 2.75) is 38.5 Å². The lowest BCUT2D eigenvalue weighted by Crippen LogP contribution is -2.33. The molecule has 0 radical (unpaired) electrons. The number of nitrogens with zero attached hydrogens (tertiary/aromatic N) is 2. The third kappa shape index (κ3) is 2.48. The molecule has 3 heteroatoms. The van der Waals surface area contributed by atoms with Gasteiger partial charge in [-0.1, -0.05) is 6.07 Å². The van der Waals surface area contributed by atoms with Gasteiger partial charge in [-0.15, -0.1) is 0 Å². The zero-order valence-electron chi connectivity index (χ0n) is 10.6. The Balaban J connectivity index is 2.36. The molecule has 3 nitrogen and oxygen atoms in total. The number of carbonyl (C=O) groups is 1. The predicted molar refractivity (Wildman–Crippen MR) is 69.4 cm³/mol. The van der Waals surface area contributed by atoms with E-state index in [0.717, 1.165) is 30.8 Å². The van der Waals surface area contributed by atoms with Crippen LogP contribution in [0.25, 0.3) is 0 Å². The molecule has 1 fully saturated rings. The minimum Gasteiger partial charge on any atom is -0.356 e. The lowest BCUT2D eigenvalue weighted by atomic mass is 9.86. The summed E-state index contributed by atoms with van der Waals surface area (Å²) in [6.45, 7) is 6.01. The number of aldehydes is 1. The number of carbonyl (C=O) groups excluding carboxylic acids is 1. The van der Waals surface area contributed by atoms with Gasteiger partial charge < -0.3 is 9.69 Å². The molecule has 1 aromatic rings. The van der Waals surface area contributed by atoms with Crippen molar-refractivity contribution in [2.24, 2.45) is 0 Å². The first kappa shape index (κ1) is 12.1. The molecular formula is C14H20N2O. The molecule has 0 spiro atoms. The molecule has 92 valence electrons. The Morgan fingerprint density at radius 3 is 2.65 bits per heavy atom. The van der Waals surface area contributed by atoms with Crippen molar-refractivity contribution >= 4 is 12.1 Å². The van der Waals surface area contributed by atoms with Gasteiger partial charge in [-0.05, 0) is 39.2 Å². The van der Waals surface area contributed by atoms with Crippen LogP contribution >= 0.6 is 0 Å². The summed E-state index contributed by atoms with van der Waals surface area (Å²) in [5.74, 6) is 0.990. The van der Waals surface area contributed by atoms with Crippen molar-refractivity contribution in [3.63, 3.8) is 0 Å². The van der Waals surface area contributed by atoms with Gasteiger partial charge in [0.05, 0.1) is 0 Å². The topological polar surface area (TPSA) is 33.2 Å². The number of pyridine rings is 1. The maximum atomic E-state index is 11.2. The minimum absolute atomic E-state index is 0.457.